The van der Waals surface area contributed by atoms with Gasteiger partial charge < -0.3 is 0 Å². The number of terminal acetylenes is 2. The zero-order valence-electron chi connectivity index (χ0n) is 4.56. The second-order valence-corrected chi connectivity index (χ2v) is 2.07. The van der Waals surface area contributed by atoms with Crippen LogP contribution in [0.15, 0.2) is 0 Å². The molecule has 0 fully saturated rings. The van der Waals surface area contributed by atoms with E-state index in [1.165, 1.54) is 0 Å². The molecule has 0 saturated carbocycles. The van der Waals surface area contributed by atoms with Crippen molar-refractivity contribution in [1.29, 1.82) is 10.8 Å². The van der Waals surface area contributed by atoms with Crippen molar-refractivity contribution in [1.82, 2.24) is 0 Å². The molecule has 0 spiro atoms. The van der Waals surface area contributed by atoms with E-state index < -0.39 is 0 Å². The van der Waals surface area contributed by atoms with E-state index in [0.29, 0.717) is 0 Å². The fourth-order valence-corrected chi connectivity index (χ4v) is 0.483. The van der Waals surface area contributed by atoms with Crippen LogP contribution in [0.2, 0.25) is 0 Å². The largest absolute Gasteiger partial charge is 0.286 e. The van der Waals surface area contributed by atoms with Crippen molar-refractivity contribution in [3.63, 3.8) is 0 Å². The van der Waals surface area contributed by atoms with Crippen LogP contribution in [0.3, 0.4) is 0 Å². The molecule has 0 rings (SSSR count). The third kappa shape index (κ3) is 3.40. The van der Waals surface area contributed by atoms with E-state index in [9.17, 15) is 0 Å². The molecule has 0 amide bonds. The maximum atomic E-state index is 6.86. The molecule has 0 heterocycles. The predicted molar refractivity (Wildman–Crippen MR) is 40.7 cm³/mol. The molecule has 2 N–H and O–H groups in total. The van der Waals surface area contributed by atoms with Crippen molar-refractivity contribution in [2.45, 2.75) is 0 Å². The van der Waals surface area contributed by atoms with Crippen molar-refractivity contribution in [3.05, 3.63) is 0 Å². The van der Waals surface area contributed by atoms with Crippen LogP contribution < -0.4 is 0 Å². The topological polar surface area (TPSA) is 47.7 Å². The van der Waals surface area contributed by atoms with Gasteiger partial charge in [0.15, 0.2) is 0 Å². The van der Waals surface area contributed by atoms with E-state index in [-0.39, 0.29) is 10.1 Å². The van der Waals surface area contributed by atoms with Gasteiger partial charge in [-0.1, -0.05) is 0 Å². The fourth-order valence-electron chi connectivity index (χ4n) is 0.161. The lowest BCUT2D eigenvalue weighted by Gasteiger charge is -1.87. The van der Waals surface area contributed by atoms with Gasteiger partial charge in [0.25, 0.3) is 0 Å². The molecule has 9 heavy (non-hydrogen) atoms. The maximum Gasteiger partial charge on any atom is 0.145 e. The second-order valence-electron chi connectivity index (χ2n) is 1.05. The van der Waals surface area contributed by atoms with Crippen LogP contribution in [0, 0.1) is 35.5 Å². The molecule has 3 heteroatoms. The van der Waals surface area contributed by atoms with Crippen molar-refractivity contribution in [3.8, 4) is 24.7 Å². The highest BCUT2D eigenvalue weighted by atomic mass is 32.2. The van der Waals surface area contributed by atoms with E-state index in [4.69, 9.17) is 23.7 Å². The highest BCUT2D eigenvalue weighted by Crippen LogP contribution is 2.01. The van der Waals surface area contributed by atoms with Gasteiger partial charge in [-0.2, -0.15) is 0 Å². The number of nitrogens with one attached hydrogen (secondary N) is 2. The summed E-state index contributed by atoms with van der Waals surface area (Å²) in [6.07, 6.45) is 9.63. The zero-order chi connectivity index (χ0) is 7.28. The second kappa shape index (κ2) is 3.77. The Kier molecular flexibility index (Phi) is 3.27. The maximum absolute atomic E-state index is 6.86. The summed E-state index contributed by atoms with van der Waals surface area (Å²) in [6, 6.07) is 0. The number of hydrogen-bond acceptors (Lipinski definition) is 3. The van der Waals surface area contributed by atoms with Gasteiger partial charge in [0, 0.05) is 0 Å². The third-order valence-electron chi connectivity index (χ3n) is 0.466. The molecule has 0 aromatic heterocycles. The van der Waals surface area contributed by atoms with E-state index >= 15 is 0 Å². The molecule has 0 aromatic rings. The van der Waals surface area contributed by atoms with Gasteiger partial charge >= 0.3 is 0 Å². The van der Waals surface area contributed by atoms with Gasteiger partial charge in [-0.25, -0.2) is 0 Å². The average Bonchev–Trinajstić information content (AvgIpc) is 1.87. The molecule has 44 valence electrons. The van der Waals surface area contributed by atoms with Crippen LogP contribution in [0.1, 0.15) is 0 Å². The van der Waals surface area contributed by atoms with Crippen LogP contribution in [0.25, 0.3) is 0 Å². The van der Waals surface area contributed by atoms with Gasteiger partial charge in [0.1, 0.15) is 10.1 Å². The molecular weight excluding hydrogens is 132 g/mol. The van der Waals surface area contributed by atoms with Gasteiger partial charge in [0.2, 0.25) is 0 Å². The Morgan fingerprint density at radius 3 is 1.67 bits per heavy atom. The Bertz CT molecular complexity index is 192. The van der Waals surface area contributed by atoms with Gasteiger partial charge in [-0.3, -0.25) is 10.8 Å². The van der Waals surface area contributed by atoms with E-state index in [1.807, 2.05) is 11.8 Å². The quantitative estimate of drug-likeness (QED) is 0.290. The Hall–Kier alpha value is -1.19. The molecule has 0 aromatic carbocycles. The molecule has 0 aliphatic carbocycles. The summed E-state index contributed by atoms with van der Waals surface area (Å²) in [5, 5.41) is 13.7. The standard InChI is InChI=1S/C6H4N2S/c1-3-5(7)9-6(8)4-2/h1-2,7-8H. The first-order chi connectivity index (χ1) is 4.20. The highest BCUT2D eigenvalue weighted by Gasteiger charge is 1.94. The van der Waals surface area contributed by atoms with Gasteiger partial charge in [-0.15, -0.1) is 12.8 Å². The number of hydrogen-bond donors (Lipinski definition) is 2. The number of rotatable bonds is 0. The first kappa shape index (κ1) is 7.81. The van der Waals surface area contributed by atoms with Crippen molar-refractivity contribution in [2.24, 2.45) is 0 Å². The zero-order valence-corrected chi connectivity index (χ0v) is 5.38. The summed E-state index contributed by atoms with van der Waals surface area (Å²) in [5.41, 5.74) is 0. The predicted octanol–water partition coefficient (Wildman–Crippen LogP) is 0.941. The normalized spacial score (nSPS) is 6.89. The van der Waals surface area contributed by atoms with Crippen molar-refractivity contribution < 1.29 is 0 Å². The summed E-state index contributed by atoms with van der Waals surface area (Å²) in [4.78, 5) is 0. The van der Waals surface area contributed by atoms with Crippen LogP contribution in [0.5, 0.6) is 0 Å². The molecular formula is C6H4N2S. The van der Waals surface area contributed by atoms with Crippen LogP contribution in [0.4, 0.5) is 0 Å². The van der Waals surface area contributed by atoms with Crippen LogP contribution in [-0.2, 0) is 0 Å². The van der Waals surface area contributed by atoms with Gasteiger partial charge in [0.05, 0.1) is 0 Å². The molecule has 0 bridgehead atoms. The minimum atomic E-state index is -0.0297. The first-order valence-corrected chi connectivity index (χ1v) is 2.80. The fraction of sp³-hybridized carbons (Fsp3) is 0. The highest BCUT2D eigenvalue weighted by molar-refractivity contribution is 8.27. The van der Waals surface area contributed by atoms with E-state index in [2.05, 4.69) is 0 Å². The van der Waals surface area contributed by atoms with Crippen LogP contribution >= 0.6 is 11.8 Å². The minimum absolute atomic E-state index is 0.0297. The molecule has 0 atom stereocenters. The summed E-state index contributed by atoms with van der Waals surface area (Å²) in [7, 11) is 0. The summed E-state index contributed by atoms with van der Waals surface area (Å²) >= 11 is 0.794. The van der Waals surface area contributed by atoms with E-state index in [0.717, 1.165) is 11.8 Å². The van der Waals surface area contributed by atoms with Crippen molar-refractivity contribution in [2.75, 3.05) is 0 Å². The minimum Gasteiger partial charge on any atom is -0.286 e. The molecule has 2 nitrogen and oxygen atoms in total. The SMILES string of the molecule is C#CC(=N)SC(=N)C#C. The Morgan fingerprint density at radius 2 is 1.44 bits per heavy atom. The first-order valence-electron chi connectivity index (χ1n) is 1.99. The van der Waals surface area contributed by atoms with Crippen LogP contribution in [-0.4, -0.2) is 10.1 Å². The smallest absolute Gasteiger partial charge is 0.145 e. The van der Waals surface area contributed by atoms with E-state index in [1.54, 1.807) is 0 Å². The molecule has 0 aliphatic rings. The summed E-state index contributed by atoms with van der Waals surface area (Å²) < 4.78 is 0. The monoisotopic (exact) mass is 136 g/mol. The lowest BCUT2D eigenvalue weighted by molar-refractivity contribution is 1.57. The lowest BCUT2D eigenvalue weighted by atomic mass is 10.8. The lowest BCUT2D eigenvalue weighted by Crippen LogP contribution is -1.90. The summed E-state index contributed by atoms with van der Waals surface area (Å²) in [5.74, 6) is 4.08. The van der Waals surface area contributed by atoms with Gasteiger partial charge in [-0.05, 0) is 23.6 Å². The average molecular weight is 136 g/mol. The molecule has 0 radical (unpaired) electrons. The Balaban J connectivity index is 3.82. The molecule has 0 unspecified atom stereocenters. The molecule has 0 saturated heterocycles. The summed E-state index contributed by atoms with van der Waals surface area (Å²) in [6.45, 7) is 0. The van der Waals surface area contributed by atoms with Crippen molar-refractivity contribution >= 4 is 21.8 Å². The third-order valence-corrected chi connectivity index (χ3v) is 1.11. The Morgan fingerprint density at radius 1 is 1.11 bits per heavy atom. The Labute approximate surface area is 58.1 Å². The molecule has 0 aliphatic heterocycles. The number of thioether (sulfide) groups is 1.